The SMILES string of the molecule is Cc1ccc(/C=C/C(=O)Nc2ccc(OCc3ccccc3)cc2)cc1. The second-order valence-electron chi connectivity index (χ2n) is 6.03. The van der Waals surface area contributed by atoms with E-state index in [9.17, 15) is 4.79 Å². The molecule has 0 aromatic heterocycles. The molecule has 0 aliphatic rings. The minimum absolute atomic E-state index is 0.163. The first-order valence-corrected chi connectivity index (χ1v) is 8.51. The molecule has 0 aliphatic carbocycles. The van der Waals surface area contributed by atoms with Gasteiger partial charge in [-0.25, -0.2) is 0 Å². The van der Waals surface area contributed by atoms with Crippen LogP contribution < -0.4 is 10.1 Å². The highest BCUT2D eigenvalue weighted by Gasteiger charge is 2.00. The molecule has 3 aromatic rings. The fraction of sp³-hybridized carbons (Fsp3) is 0.0870. The molecular weight excluding hydrogens is 322 g/mol. The van der Waals surface area contributed by atoms with Gasteiger partial charge in [-0.05, 0) is 48.4 Å². The summed E-state index contributed by atoms with van der Waals surface area (Å²) in [7, 11) is 0. The summed E-state index contributed by atoms with van der Waals surface area (Å²) in [5.74, 6) is 0.602. The predicted molar refractivity (Wildman–Crippen MR) is 106 cm³/mol. The van der Waals surface area contributed by atoms with Gasteiger partial charge < -0.3 is 10.1 Å². The van der Waals surface area contributed by atoms with Crippen molar-refractivity contribution in [3.63, 3.8) is 0 Å². The Morgan fingerprint density at radius 2 is 1.62 bits per heavy atom. The van der Waals surface area contributed by atoms with Gasteiger partial charge in [0.25, 0.3) is 0 Å². The maximum Gasteiger partial charge on any atom is 0.248 e. The molecule has 1 amide bonds. The van der Waals surface area contributed by atoms with Crippen LogP contribution in [0, 0.1) is 6.92 Å². The number of amides is 1. The Labute approximate surface area is 154 Å². The first-order valence-electron chi connectivity index (χ1n) is 8.51. The van der Waals surface area contributed by atoms with Crippen LogP contribution >= 0.6 is 0 Å². The Morgan fingerprint density at radius 1 is 0.923 bits per heavy atom. The van der Waals surface area contributed by atoms with Gasteiger partial charge in [0.1, 0.15) is 12.4 Å². The Kier molecular flexibility index (Phi) is 5.84. The Bertz CT molecular complexity index is 866. The van der Waals surface area contributed by atoms with Crippen LogP contribution in [0.5, 0.6) is 5.75 Å². The second kappa shape index (κ2) is 8.67. The van der Waals surface area contributed by atoms with Crippen molar-refractivity contribution in [3.8, 4) is 5.75 Å². The smallest absolute Gasteiger partial charge is 0.248 e. The molecule has 3 heteroatoms. The third-order valence-electron chi connectivity index (χ3n) is 3.87. The van der Waals surface area contributed by atoms with Crippen molar-refractivity contribution < 1.29 is 9.53 Å². The van der Waals surface area contributed by atoms with Crippen molar-refractivity contribution in [1.82, 2.24) is 0 Å². The van der Waals surface area contributed by atoms with Crippen LogP contribution in [-0.4, -0.2) is 5.91 Å². The largest absolute Gasteiger partial charge is 0.489 e. The number of anilines is 1. The van der Waals surface area contributed by atoms with Crippen LogP contribution in [-0.2, 0) is 11.4 Å². The van der Waals surface area contributed by atoms with Crippen molar-refractivity contribution in [2.75, 3.05) is 5.32 Å². The Hall–Kier alpha value is -3.33. The van der Waals surface area contributed by atoms with E-state index in [1.165, 1.54) is 11.6 Å². The summed E-state index contributed by atoms with van der Waals surface area (Å²) in [5, 5.41) is 2.84. The monoisotopic (exact) mass is 343 g/mol. The summed E-state index contributed by atoms with van der Waals surface area (Å²) in [6, 6.07) is 25.4. The van der Waals surface area contributed by atoms with E-state index in [2.05, 4.69) is 5.32 Å². The van der Waals surface area contributed by atoms with Gasteiger partial charge in [-0.15, -0.1) is 0 Å². The third kappa shape index (κ3) is 5.35. The quantitative estimate of drug-likeness (QED) is 0.623. The lowest BCUT2D eigenvalue weighted by Gasteiger charge is -2.07. The standard InChI is InChI=1S/C23H21NO2/c1-18-7-9-19(10-8-18)11-16-23(25)24-21-12-14-22(15-13-21)26-17-20-5-3-2-4-6-20/h2-16H,17H2,1H3,(H,24,25)/b16-11+. The third-order valence-corrected chi connectivity index (χ3v) is 3.87. The predicted octanol–water partition coefficient (Wildman–Crippen LogP) is 5.23. The van der Waals surface area contributed by atoms with E-state index in [1.54, 1.807) is 6.08 Å². The summed E-state index contributed by atoms with van der Waals surface area (Å²) in [6.45, 7) is 2.55. The number of hydrogen-bond donors (Lipinski definition) is 1. The zero-order chi connectivity index (χ0) is 18.2. The van der Waals surface area contributed by atoms with Crippen LogP contribution in [0.1, 0.15) is 16.7 Å². The molecule has 3 aromatic carbocycles. The highest BCUT2D eigenvalue weighted by atomic mass is 16.5. The average Bonchev–Trinajstić information content (AvgIpc) is 2.68. The highest BCUT2D eigenvalue weighted by molar-refractivity contribution is 6.01. The Balaban J connectivity index is 1.51. The summed E-state index contributed by atoms with van der Waals surface area (Å²) in [6.07, 6.45) is 3.33. The molecule has 130 valence electrons. The summed E-state index contributed by atoms with van der Waals surface area (Å²) >= 11 is 0. The number of aryl methyl sites for hydroxylation is 1. The van der Waals surface area contributed by atoms with Crippen molar-refractivity contribution in [2.24, 2.45) is 0 Å². The molecule has 0 saturated carbocycles. The van der Waals surface area contributed by atoms with Crippen molar-refractivity contribution in [2.45, 2.75) is 13.5 Å². The maximum atomic E-state index is 12.0. The molecule has 0 saturated heterocycles. The second-order valence-corrected chi connectivity index (χ2v) is 6.03. The number of carbonyl (C=O) groups excluding carboxylic acids is 1. The first-order chi connectivity index (χ1) is 12.7. The number of carbonyl (C=O) groups is 1. The molecule has 3 nitrogen and oxygen atoms in total. The highest BCUT2D eigenvalue weighted by Crippen LogP contribution is 2.17. The van der Waals surface area contributed by atoms with Crippen molar-refractivity contribution in [3.05, 3.63) is 102 Å². The van der Waals surface area contributed by atoms with E-state index in [1.807, 2.05) is 85.8 Å². The average molecular weight is 343 g/mol. The topological polar surface area (TPSA) is 38.3 Å². The van der Waals surface area contributed by atoms with E-state index >= 15 is 0 Å². The fourth-order valence-corrected chi connectivity index (χ4v) is 2.41. The van der Waals surface area contributed by atoms with Gasteiger partial charge >= 0.3 is 0 Å². The summed E-state index contributed by atoms with van der Waals surface area (Å²) in [4.78, 5) is 12.0. The van der Waals surface area contributed by atoms with E-state index in [0.29, 0.717) is 6.61 Å². The lowest BCUT2D eigenvalue weighted by molar-refractivity contribution is -0.111. The lowest BCUT2D eigenvalue weighted by atomic mass is 10.1. The molecule has 1 N–H and O–H groups in total. The first kappa shape index (κ1) is 17.5. The van der Waals surface area contributed by atoms with Crippen LogP contribution in [0.25, 0.3) is 6.08 Å². The van der Waals surface area contributed by atoms with Crippen LogP contribution in [0.3, 0.4) is 0 Å². The van der Waals surface area contributed by atoms with Crippen LogP contribution in [0.2, 0.25) is 0 Å². The molecule has 0 heterocycles. The van der Waals surface area contributed by atoms with Gasteiger partial charge in [0.05, 0.1) is 0 Å². The summed E-state index contributed by atoms with van der Waals surface area (Å²) in [5.41, 5.74) is 4.04. The molecule has 0 bridgehead atoms. The van der Waals surface area contributed by atoms with Crippen molar-refractivity contribution in [1.29, 1.82) is 0 Å². The lowest BCUT2D eigenvalue weighted by Crippen LogP contribution is -2.07. The number of benzene rings is 3. The van der Waals surface area contributed by atoms with Gasteiger partial charge in [-0.3, -0.25) is 4.79 Å². The van der Waals surface area contributed by atoms with E-state index in [0.717, 1.165) is 22.6 Å². The van der Waals surface area contributed by atoms with Crippen molar-refractivity contribution >= 4 is 17.7 Å². The Morgan fingerprint density at radius 3 is 2.31 bits per heavy atom. The molecule has 0 unspecified atom stereocenters. The molecule has 0 fully saturated rings. The van der Waals surface area contributed by atoms with E-state index in [4.69, 9.17) is 4.74 Å². The van der Waals surface area contributed by atoms with Crippen LogP contribution in [0.15, 0.2) is 84.9 Å². The number of ether oxygens (including phenoxy) is 1. The number of rotatable bonds is 6. The minimum Gasteiger partial charge on any atom is -0.489 e. The van der Waals surface area contributed by atoms with Gasteiger partial charge in [0, 0.05) is 11.8 Å². The number of nitrogens with one attached hydrogen (secondary N) is 1. The molecule has 26 heavy (non-hydrogen) atoms. The maximum absolute atomic E-state index is 12.0. The molecule has 3 rings (SSSR count). The van der Waals surface area contributed by atoms with E-state index < -0.39 is 0 Å². The molecule has 0 spiro atoms. The van der Waals surface area contributed by atoms with Gasteiger partial charge in [-0.1, -0.05) is 60.2 Å². The van der Waals surface area contributed by atoms with Gasteiger partial charge in [0.2, 0.25) is 5.91 Å². The van der Waals surface area contributed by atoms with Gasteiger partial charge in [0.15, 0.2) is 0 Å². The fourth-order valence-electron chi connectivity index (χ4n) is 2.41. The summed E-state index contributed by atoms with van der Waals surface area (Å²) < 4.78 is 5.74. The number of hydrogen-bond acceptors (Lipinski definition) is 2. The molecule has 0 atom stereocenters. The molecular formula is C23H21NO2. The molecule has 0 aliphatic heterocycles. The zero-order valence-electron chi connectivity index (χ0n) is 14.7. The minimum atomic E-state index is -0.163. The van der Waals surface area contributed by atoms with Crippen LogP contribution in [0.4, 0.5) is 5.69 Å². The normalized spacial score (nSPS) is 10.7. The van der Waals surface area contributed by atoms with Gasteiger partial charge in [-0.2, -0.15) is 0 Å². The zero-order valence-corrected chi connectivity index (χ0v) is 14.7. The van der Waals surface area contributed by atoms with E-state index in [-0.39, 0.29) is 5.91 Å². The molecule has 0 radical (unpaired) electrons.